The van der Waals surface area contributed by atoms with E-state index in [-0.39, 0.29) is 11.8 Å². The van der Waals surface area contributed by atoms with Gasteiger partial charge in [0.25, 0.3) is 0 Å². The van der Waals surface area contributed by atoms with Gasteiger partial charge in [0, 0.05) is 50.9 Å². The van der Waals surface area contributed by atoms with Crippen LogP contribution in [0.25, 0.3) is 0 Å². The second-order valence-corrected chi connectivity index (χ2v) is 6.69. The summed E-state index contributed by atoms with van der Waals surface area (Å²) < 4.78 is 0. The number of nitrogens with zero attached hydrogens (tertiary/aromatic N) is 2. The number of benzene rings is 1. The number of piperidine rings is 1. The number of hydrogen-bond donors (Lipinski definition) is 1. The first-order valence-electron chi connectivity index (χ1n) is 9.51. The number of rotatable bonds is 8. The summed E-state index contributed by atoms with van der Waals surface area (Å²) in [4.78, 5) is 27.9. The van der Waals surface area contributed by atoms with E-state index in [4.69, 9.17) is 0 Å². The van der Waals surface area contributed by atoms with Crippen molar-refractivity contribution in [2.24, 2.45) is 0 Å². The minimum atomic E-state index is -0.0351. The maximum absolute atomic E-state index is 12.0. The zero-order chi connectivity index (χ0) is 18.1. The molecule has 25 heavy (non-hydrogen) atoms. The molecule has 1 aromatic rings. The van der Waals surface area contributed by atoms with Crippen molar-refractivity contribution < 1.29 is 9.59 Å². The van der Waals surface area contributed by atoms with Crippen molar-refractivity contribution in [1.82, 2.24) is 5.32 Å². The summed E-state index contributed by atoms with van der Waals surface area (Å²) in [5.41, 5.74) is 2.07. The summed E-state index contributed by atoms with van der Waals surface area (Å²) in [7, 11) is 0. The summed E-state index contributed by atoms with van der Waals surface area (Å²) in [5, 5.41) is 2.90. The third-order valence-electron chi connectivity index (χ3n) is 4.68. The van der Waals surface area contributed by atoms with Gasteiger partial charge < -0.3 is 15.1 Å². The van der Waals surface area contributed by atoms with Crippen LogP contribution >= 0.6 is 0 Å². The molecule has 1 heterocycles. The second kappa shape index (κ2) is 10.1. The molecule has 5 heteroatoms. The van der Waals surface area contributed by atoms with Gasteiger partial charge in [0.2, 0.25) is 11.8 Å². The van der Waals surface area contributed by atoms with Crippen LogP contribution in [0.3, 0.4) is 0 Å². The molecule has 0 saturated carbocycles. The first-order chi connectivity index (χ1) is 12.1. The molecule has 138 valence electrons. The Morgan fingerprint density at radius 1 is 1.12 bits per heavy atom. The Morgan fingerprint density at radius 3 is 2.40 bits per heavy atom. The molecule has 2 rings (SSSR count). The molecule has 1 aliphatic rings. The van der Waals surface area contributed by atoms with Crippen LogP contribution in [0.2, 0.25) is 0 Å². The predicted octanol–water partition coefficient (Wildman–Crippen LogP) is 3.34. The van der Waals surface area contributed by atoms with Crippen LogP contribution in [0.1, 0.15) is 52.4 Å². The fraction of sp³-hybridized carbons (Fsp3) is 0.600. The molecule has 1 aliphatic heterocycles. The Balaban J connectivity index is 1.92. The molecule has 1 fully saturated rings. The van der Waals surface area contributed by atoms with E-state index in [1.165, 1.54) is 24.9 Å². The van der Waals surface area contributed by atoms with E-state index in [1.54, 1.807) is 11.8 Å². The zero-order valence-corrected chi connectivity index (χ0v) is 15.6. The lowest BCUT2D eigenvalue weighted by atomic mass is 10.1. The van der Waals surface area contributed by atoms with Crippen LogP contribution < -0.4 is 15.1 Å². The fourth-order valence-electron chi connectivity index (χ4n) is 3.17. The topological polar surface area (TPSA) is 52.7 Å². The molecule has 0 atom stereocenters. The highest BCUT2D eigenvalue weighted by molar-refractivity contribution is 5.92. The molecule has 0 aromatic heterocycles. The average Bonchev–Trinajstić information content (AvgIpc) is 2.63. The van der Waals surface area contributed by atoms with Crippen molar-refractivity contribution in [3.8, 4) is 0 Å². The monoisotopic (exact) mass is 345 g/mol. The first kappa shape index (κ1) is 19.3. The quantitative estimate of drug-likeness (QED) is 0.735. The minimum absolute atomic E-state index is 0.00429. The Hall–Kier alpha value is -2.04. The highest BCUT2D eigenvalue weighted by Crippen LogP contribution is 2.24. The zero-order valence-electron chi connectivity index (χ0n) is 15.6. The minimum Gasteiger partial charge on any atom is -0.372 e. The largest absolute Gasteiger partial charge is 0.372 e. The first-order valence-corrected chi connectivity index (χ1v) is 9.51. The van der Waals surface area contributed by atoms with Crippen molar-refractivity contribution in [2.75, 3.05) is 36.0 Å². The molecule has 0 spiro atoms. The fourth-order valence-corrected chi connectivity index (χ4v) is 3.17. The van der Waals surface area contributed by atoms with Gasteiger partial charge in [-0.3, -0.25) is 9.59 Å². The van der Waals surface area contributed by atoms with Crippen LogP contribution in [0, 0.1) is 0 Å². The number of hydrogen-bond acceptors (Lipinski definition) is 3. The molecular weight excluding hydrogens is 314 g/mol. The standard InChI is InChI=1S/C20H31N3O2/c1-3-4-13-21-20(25)12-16-23(17(2)24)19-10-8-18(9-11-19)22-14-6-5-7-15-22/h8-11H,3-7,12-16H2,1-2H3,(H,21,25). The van der Waals surface area contributed by atoms with Crippen LogP contribution in [-0.2, 0) is 9.59 Å². The number of anilines is 2. The normalized spacial score (nSPS) is 14.2. The SMILES string of the molecule is CCCCNC(=O)CCN(C(C)=O)c1ccc(N2CCCCC2)cc1. The average molecular weight is 345 g/mol. The van der Waals surface area contributed by atoms with Crippen molar-refractivity contribution in [2.45, 2.75) is 52.4 Å². The lowest BCUT2D eigenvalue weighted by Gasteiger charge is -2.29. The highest BCUT2D eigenvalue weighted by atomic mass is 16.2. The molecule has 0 bridgehead atoms. The van der Waals surface area contributed by atoms with Gasteiger partial charge in [-0.15, -0.1) is 0 Å². The van der Waals surface area contributed by atoms with Gasteiger partial charge in [-0.2, -0.15) is 0 Å². The van der Waals surface area contributed by atoms with Gasteiger partial charge >= 0.3 is 0 Å². The van der Waals surface area contributed by atoms with Crippen molar-refractivity contribution in [3.63, 3.8) is 0 Å². The molecule has 0 radical (unpaired) electrons. The second-order valence-electron chi connectivity index (χ2n) is 6.69. The van der Waals surface area contributed by atoms with Gasteiger partial charge in [0.05, 0.1) is 0 Å². The van der Waals surface area contributed by atoms with E-state index < -0.39 is 0 Å². The van der Waals surface area contributed by atoms with E-state index in [1.807, 2.05) is 12.1 Å². The molecular formula is C20H31N3O2. The summed E-state index contributed by atoms with van der Waals surface area (Å²) in [6.45, 7) is 6.97. The number of amides is 2. The Kier molecular flexibility index (Phi) is 7.76. The van der Waals surface area contributed by atoms with Gasteiger partial charge in [-0.1, -0.05) is 13.3 Å². The van der Waals surface area contributed by atoms with E-state index >= 15 is 0 Å². The van der Waals surface area contributed by atoms with E-state index in [0.29, 0.717) is 19.5 Å². The molecule has 1 aromatic carbocycles. The Labute approximate surface area is 151 Å². The van der Waals surface area contributed by atoms with Crippen molar-refractivity contribution >= 4 is 23.2 Å². The maximum Gasteiger partial charge on any atom is 0.223 e. The highest BCUT2D eigenvalue weighted by Gasteiger charge is 2.15. The molecule has 1 N–H and O–H groups in total. The third-order valence-corrected chi connectivity index (χ3v) is 4.68. The third kappa shape index (κ3) is 6.07. The van der Waals surface area contributed by atoms with E-state index in [0.717, 1.165) is 31.6 Å². The van der Waals surface area contributed by atoms with Crippen LogP contribution in [0.5, 0.6) is 0 Å². The van der Waals surface area contributed by atoms with Gasteiger partial charge in [0.15, 0.2) is 0 Å². The van der Waals surface area contributed by atoms with Crippen LogP contribution in [0.4, 0.5) is 11.4 Å². The van der Waals surface area contributed by atoms with Gasteiger partial charge in [-0.05, 0) is 49.9 Å². The number of carbonyl (C=O) groups is 2. The lowest BCUT2D eigenvalue weighted by Crippen LogP contribution is -2.34. The molecule has 2 amide bonds. The summed E-state index contributed by atoms with van der Waals surface area (Å²) >= 11 is 0. The van der Waals surface area contributed by atoms with E-state index in [2.05, 4.69) is 29.3 Å². The molecule has 0 aliphatic carbocycles. The van der Waals surface area contributed by atoms with Gasteiger partial charge in [0.1, 0.15) is 0 Å². The Bertz CT molecular complexity index is 551. The predicted molar refractivity (Wildman–Crippen MR) is 103 cm³/mol. The molecule has 0 unspecified atom stereocenters. The number of nitrogens with one attached hydrogen (secondary N) is 1. The molecule has 1 saturated heterocycles. The van der Waals surface area contributed by atoms with E-state index in [9.17, 15) is 9.59 Å². The van der Waals surface area contributed by atoms with Crippen LogP contribution in [0.15, 0.2) is 24.3 Å². The Morgan fingerprint density at radius 2 is 1.80 bits per heavy atom. The van der Waals surface area contributed by atoms with Gasteiger partial charge in [-0.25, -0.2) is 0 Å². The number of carbonyl (C=O) groups excluding carboxylic acids is 2. The maximum atomic E-state index is 12.0. The smallest absolute Gasteiger partial charge is 0.223 e. The summed E-state index contributed by atoms with van der Waals surface area (Å²) in [5.74, 6) is -0.0308. The summed E-state index contributed by atoms with van der Waals surface area (Å²) in [6, 6.07) is 8.14. The number of unbranched alkanes of at least 4 members (excludes halogenated alkanes) is 1. The summed E-state index contributed by atoms with van der Waals surface area (Å²) in [6.07, 6.45) is 6.18. The lowest BCUT2D eigenvalue weighted by molar-refractivity contribution is -0.121. The van der Waals surface area contributed by atoms with Crippen molar-refractivity contribution in [1.29, 1.82) is 0 Å². The van der Waals surface area contributed by atoms with Crippen molar-refractivity contribution in [3.05, 3.63) is 24.3 Å². The molecule has 5 nitrogen and oxygen atoms in total. The van der Waals surface area contributed by atoms with Crippen LogP contribution in [-0.4, -0.2) is 38.0 Å².